The molecule has 2 heterocycles. The molecule has 7 heteroatoms. The summed E-state index contributed by atoms with van der Waals surface area (Å²) in [6.07, 6.45) is 2.91. The Balaban J connectivity index is 0.00000180. The topological polar surface area (TPSA) is 89.5 Å². The summed E-state index contributed by atoms with van der Waals surface area (Å²) in [5, 5.41) is 2.55. The Morgan fingerprint density at radius 2 is 2.26 bits per heavy atom. The summed E-state index contributed by atoms with van der Waals surface area (Å²) >= 11 is 0. The monoisotopic (exact) mass is 282 g/mol. The van der Waals surface area contributed by atoms with Crippen LogP contribution in [0.3, 0.4) is 0 Å². The molecule has 2 rings (SSSR count). The van der Waals surface area contributed by atoms with E-state index in [0.29, 0.717) is 18.7 Å². The third-order valence-electron chi connectivity index (χ3n) is 2.54. The summed E-state index contributed by atoms with van der Waals surface area (Å²) in [5.41, 5.74) is 6.45. The number of halogens is 1. The van der Waals surface area contributed by atoms with Crippen molar-refractivity contribution < 1.29 is 4.79 Å². The van der Waals surface area contributed by atoms with Gasteiger partial charge in [0, 0.05) is 25.5 Å². The molecule has 102 valence electrons. The average molecular weight is 283 g/mol. The summed E-state index contributed by atoms with van der Waals surface area (Å²) in [5.74, 6) is -0.451. The number of nitrogens with one attached hydrogen (secondary N) is 1. The van der Waals surface area contributed by atoms with E-state index in [-0.39, 0.29) is 23.5 Å². The van der Waals surface area contributed by atoms with Gasteiger partial charge in [0.15, 0.2) is 0 Å². The molecular formula is C12H15ClN4O2. The van der Waals surface area contributed by atoms with Crippen LogP contribution in [-0.2, 0) is 0 Å². The fraction of sp³-hybridized carbons (Fsp3) is 0.250. The number of rotatable bonds is 3. The van der Waals surface area contributed by atoms with E-state index in [0.717, 1.165) is 5.56 Å². The van der Waals surface area contributed by atoms with Gasteiger partial charge in [-0.3, -0.25) is 14.0 Å². The third kappa shape index (κ3) is 3.10. The second kappa shape index (κ2) is 6.31. The van der Waals surface area contributed by atoms with Crippen molar-refractivity contribution in [3.8, 4) is 0 Å². The van der Waals surface area contributed by atoms with Gasteiger partial charge in [-0.1, -0.05) is 0 Å². The van der Waals surface area contributed by atoms with E-state index in [1.807, 2.05) is 6.92 Å². The molecule has 0 unspecified atom stereocenters. The number of amides is 1. The second-order valence-corrected chi connectivity index (χ2v) is 3.95. The average Bonchev–Trinajstić information content (AvgIpc) is 2.36. The summed E-state index contributed by atoms with van der Waals surface area (Å²) in [4.78, 5) is 27.9. The Kier molecular flexibility index (Phi) is 5.02. The summed E-state index contributed by atoms with van der Waals surface area (Å²) in [6.45, 7) is 2.57. The molecule has 6 nitrogen and oxygen atoms in total. The van der Waals surface area contributed by atoms with E-state index in [9.17, 15) is 9.59 Å². The molecule has 0 fully saturated rings. The maximum absolute atomic E-state index is 12.1. The SMILES string of the molecule is Cc1ccn2c(=O)c(C(=O)NCCN)cnc2c1.Cl. The molecule has 0 bridgehead atoms. The van der Waals surface area contributed by atoms with Crippen molar-refractivity contribution in [2.24, 2.45) is 5.73 Å². The minimum atomic E-state index is -0.451. The molecule has 3 N–H and O–H groups in total. The molecule has 0 saturated carbocycles. The number of fused-ring (bicyclic) bond motifs is 1. The Morgan fingerprint density at radius 3 is 2.95 bits per heavy atom. The molecule has 0 spiro atoms. The van der Waals surface area contributed by atoms with Crippen LogP contribution in [0.4, 0.5) is 0 Å². The molecule has 19 heavy (non-hydrogen) atoms. The van der Waals surface area contributed by atoms with Crippen LogP contribution in [0.25, 0.3) is 5.65 Å². The number of aryl methyl sites for hydroxylation is 1. The van der Waals surface area contributed by atoms with Crippen LogP contribution in [0.5, 0.6) is 0 Å². The maximum atomic E-state index is 12.1. The number of carbonyl (C=O) groups excluding carboxylic acids is 1. The normalized spacial score (nSPS) is 10.0. The van der Waals surface area contributed by atoms with Crippen LogP contribution in [0.15, 0.2) is 29.3 Å². The first-order valence-electron chi connectivity index (χ1n) is 5.60. The minimum absolute atomic E-state index is 0. The van der Waals surface area contributed by atoms with Crippen molar-refractivity contribution >= 4 is 24.0 Å². The van der Waals surface area contributed by atoms with Crippen LogP contribution >= 0.6 is 12.4 Å². The fourth-order valence-electron chi connectivity index (χ4n) is 1.61. The Bertz CT molecular complexity index is 654. The molecule has 0 aromatic carbocycles. The van der Waals surface area contributed by atoms with Gasteiger partial charge in [0.25, 0.3) is 11.5 Å². The first kappa shape index (κ1) is 15.1. The largest absolute Gasteiger partial charge is 0.351 e. The lowest BCUT2D eigenvalue weighted by atomic mass is 10.2. The Morgan fingerprint density at radius 1 is 1.53 bits per heavy atom. The van der Waals surface area contributed by atoms with Crippen LogP contribution in [0.2, 0.25) is 0 Å². The van der Waals surface area contributed by atoms with Crippen molar-refractivity contribution in [1.29, 1.82) is 0 Å². The van der Waals surface area contributed by atoms with Crippen LogP contribution in [-0.4, -0.2) is 28.4 Å². The molecule has 0 aliphatic rings. The summed E-state index contributed by atoms with van der Waals surface area (Å²) in [6, 6.07) is 3.57. The van der Waals surface area contributed by atoms with E-state index in [1.54, 1.807) is 18.3 Å². The predicted octanol–water partition coefficient (Wildman–Crippen LogP) is 0.113. The molecule has 0 radical (unpaired) electrons. The zero-order chi connectivity index (χ0) is 13.1. The van der Waals surface area contributed by atoms with Gasteiger partial charge >= 0.3 is 0 Å². The number of hydrogen-bond donors (Lipinski definition) is 2. The van der Waals surface area contributed by atoms with Crippen LogP contribution in [0.1, 0.15) is 15.9 Å². The molecular weight excluding hydrogens is 268 g/mol. The van der Waals surface area contributed by atoms with E-state index in [4.69, 9.17) is 5.73 Å². The van der Waals surface area contributed by atoms with Crippen molar-refractivity contribution in [2.45, 2.75) is 6.92 Å². The van der Waals surface area contributed by atoms with Crippen molar-refractivity contribution in [1.82, 2.24) is 14.7 Å². The number of aromatic nitrogens is 2. The smallest absolute Gasteiger partial charge is 0.270 e. The quantitative estimate of drug-likeness (QED) is 0.836. The highest BCUT2D eigenvalue weighted by Crippen LogP contribution is 2.02. The minimum Gasteiger partial charge on any atom is -0.351 e. The van der Waals surface area contributed by atoms with Gasteiger partial charge in [0.05, 0.1) is 0 Å². The first-order chi connectivity index (χ1) is 8.63. The molecule has 0 aliphatic carbocycles. The Labute approximate surface area is 116 Å². The number of nitrogens with two attached hydrogens (primary N) is 1. The lowest BCUT2D eigenvalue weighted by molar-refractivity contribution is 0.0952. The lowest BCUT2D eigenvalue weighted by Gasteiger charge is -2.05. The van der Waals surface area contributed by atoms with E-state index in [1.165, 1.54) is 10.6 Å². The highest BCUT2D eigenvalue weighted by atomic mass is 35.5. The lowest BCUT2D eigenvalue weighted by Crippen LogP contribution is -2.34. The van der Waals surface area contributed by atoms with Crippen molar-refractivity contribution in [2.75, 3.05) is 13.1 Å². The number of hydrogen-bond acceptors (Lipinski definition) is 4. The fourth-order valence-corrected chi connectivity index (χ4v) is 1.61. The third-order valence-corrected chi connectivity index (χ3v) is 2.54. The van der Waals surface area contributed by atoms with Gasteiger partial charge in [0.2, 0.25) is 0 Å². The zero-order valence-corrected chi connectivity index (χ0v) is 11.2. The molecule has 1 amide bonds. The van der Waals surface area contributed by atoms with Gasteiger partial charge in [-0.15, -0.1) is 12.4 Å². The number of nitrogens with zero attached hydrogens (tertiary/aromatic N) is 2. The molecule has 2 aromatic rings. The molecule has 0 saturated heterocycles. The number of carbonyl (C=O) groups is 1. The second-order valence-electron chi connectivity index (χ2n) is 3.95. The van der Waals surface area contributed by atoms with E-state index < -0.39 is 5.91 Å². The Hall–Kier alpha value is -1.92. The summed E-state index contributed by atoms with van der Waals surface area (Å²) < 4.78 is 1.35. The molecule has 0 atom stereocenters. The molecule has 0 aliphatic heterocycles. The highest BCUT2D eigenvalue weighted by Gasteiger charge is 2.12. The van der Waals surface area contributed by atoms with Crippen molar-refractivity contribution in [3.63, 3.8) is 0 Å². The van der Waals surface area contributed by atoms with Gasteiger partial charge in [-0.05, 0) is 24.6 Å². The van der Waals surface area contributed by atoms with E-state index >= 15 is 0 Å². The standard InChI is InChI=1S/C12H14N4O2.ClH/c1-8-2-5-16-10(6-8)15-7-9(12(16)18)11(17)14-4-3-13;/h2,5-7H,3-4,13H2,1H3,(H,14,17);1H. The van der Waals surface area contributed by atoms with E-state index in [2.05, 4.69) is 10.3 Å². The summed E-state index contributed by atoms with van der Waals surface area (Å²) in [7, 11) is 0. The van der Waals surface area contributed by atoms with Gasteiger partial charge in [-0.25, -0.2) is 4.98 Å². The maximum Gasteiger partial charge on any atom is 0.270 e. The van der Waals surface area contributed by atoms with Crippen LogP contribution in [0, 0.1) is 6.92 Å². The van der Waals surface area contributed by atoms with Crippen molar-refractivity contribution in [3.05, 3.63) is 46.0 Å². The first-order valence-corrected chi connectivity index (χ1v) is 5.60. The van der Waals surface area contributed by atoms with Gasteiger partial charge in [-0.2, -0.15) is 0 Å². The molecule has 2 aromatic heterocycles. The highest BCUT2D eigenvalue weighted by molar-refractivity contribution is 5.93. The predicted molar refractivity (Wildman–Crippen MR) is 74.8 cm³/mol. The zero-order valence-electron chi connectivity index (χ0n) is 10.4. The van der Waals surface area contributed by atoms with Crippen LogP contribution < -0.4 is 16.6 Å². The van der Waals surface area contributed by atoms with Gasteiger partial charge in [0.1, 0.15) is 11.2 Å². The van der Waals surface area contributed by atoms with Gasteiger partial charge < -0.3 is 11.1 Å². The number of pyridine rings is 1.